The van der Waals surface area contributed by atoms with Gasteiger partial charge in [0.1, 0.15) is 12.3 Å². The van der Waals surface area contributed by atoms with Crippen molar-refractivity contribution < 1.29 is 22.7 Å². The highest BCUT2D eigenvalue weighted by molar-refractivity contribution is 5.66. The second-order valence-electron chi connectivity index (χ2n) is 3.13. The lowest BCUT2D eigenvalue weighted by atomic mass is 9.92. The summed E-state index contributed by atoms with van der Waals surface area (Å²) in [6.07, 6.45) is -7.16. The smallest absolute Gasteiger partial charge is 0.303 e. The number of hydrogen-bond acceptors (Lipinski definition) is 2. The number of ether oxygens (including phenoxy) is 1. The molecule has 1 aliphatic rings. The molecule has 0 aliphatic heterocycles. The summed E-state index contributed by atoms with van der Waals surface area (Å²) in [6, 6.07) is 0. The third kappa shape index (κ3) is 2.35. The molecule has 0 aromatic heterocycles. The van der Waals surface area contributed by atoms with Crippen LogP contribution in [0.5, 0.6) is 0 Å². The lowest BCUT2D eigenvalue weighted by Crippen LogP contribution is -2.44. The molecule has 1 rings (SSSR count). The Morgan fingerprint density at radius 1 is 1.23 bits per heavy atom. The van der Waals surface area contributed by atoms with Crippen LogP contribution >= 0.6 is 0 Å². The lowest BCUT2D eigenvalue weighted by molar-refractivity contribution is -0.156. The highest BCUT2D eigenvalue weighted by Crippen LogP contribution is 2.29. The molecule has 2 nitrogen and oxygen atoms in total. The fourth-order valence-corrected chi connectivity index (χ4v) is 1.38. The number of rotatable bonds is 1. The Kier molecular flexibility index (Phi) is 3.17. The molecule has 0 aromatic rings. The summed E-state index contributed by atoms with van der Waals surface area (Å²) >= 11 is 0. The van der Waals surface area contributed by atoms with Crippen molar-refractivity contribution in [3.05, 3.63) is 0 Å². The van der Waals surface area contributed by atoms with Gasteiger partial charge in [-0.2, -0.15) is 0 Å². The van der Waals surface area contributed by atoms with Crippen molar-refractivity contribution in [3.8, 4) is 0 Å². The second-order valence-corrected chi connectivity index (χ2v) is 3.13. The summed E-state index contributed by atoms with van der Waals surface area (Å²) in [4.78, 5) is 10.4. The zero-order chi connectivity index (χ0) is 10.0. The van der Waals surface area contributed by atoms with E-state index < -0.39 is 30.6 Å². The normalized spacial score (nSPS) is 40.0. The molecule has 0 N–H and O–H groups in total. The van der Waals surface area contributed by atoms with Crippen molar-refractivity contribution in [1.82, 2.24) is 0 Å². The average molecular weight is 196 g/mol. The highest BCUT2D eigenvalue weighted by atomic mass is 19.2. The fourth-order valence-electron chi connectivity index (χ4n) is 1.38. The molecular weight excluding hydrogens is 185 g/mol. The zero-order valence-corrected chi connectivity index (χ0v) is 7.17. The number of halogens is 3. The van der Waals surface area contributed by atoms with Crippen molar-refractivity contribution in [3.63, 3.8) is 0 Å². The molecule has 1 saturated carbocycles. The molecule has 0 spiro atoms. The first-order valence-corrected chi connectivity index (χ1v) is 4.12. The van der Waals surface area contributed by atoms with Gasteiger partial charge in [0.05, 0.1) is 0 Å². The highest BCUT2D eigenvalue weighted by Gasteiger charge is 2.42. The molecule has 0 heterocycles. The first-order valence-electron chi connectivity index (χ1n) is 4.12. The van der Waals surface area contributed by atoms with Crippen LogP contribution in [0.25, 0.3) is 0 Å². The van der Waals surface area contributed by atoms with Crippen molar-refractivity contribution in [1.29, 1.82) is 0 Å². The van der Waals surface area contributed by atoms with Gasteiger partial charge < -0.3 is 4.74 Å². The van der Waals surface area contributed by atoms with E-state index in [1.165, 1.54) is 0 Å². The Labute approximate surface area is 74.1 Å². The van der Waals surface area contributed by atoms with Gasteiger partial charge >= 0.3 is 5.97 Å². The topological polar surface area (TPSA) is 26.3 Å². The van der Waals surface area contributed by atoms with Crippen molar-refractivity contribution in [2.24, 2.45) is 0 Å². The fraction of sp³-hybridized carbons (Fsp3) is 0.875. The maximum atomic E-state index is 13.0. The molecule has 4 unspecified atom stereocenters. The SMILES string of the molecule is CC(=O)OC1CCC(F)C(F)C1F. The number of esters is 1. The van der Waals surface area contributed by atoms with Gasteiger partial charge in [0, 0.05) is 6.92 Å². The van der Waals surface area contributed by atoms with Crippen LogP contribution in [0.4, 0.5) is 13.2 Å². The van der Waals surface area contributed by atoms with Gasteiger partial charge in [0.15, 0.2) is 12.3 Å². The minimum absolute atomic E-state index is 0.0440. The summed E-state index contributed by atoms with van der Waals surface area (Å²) < 4.78 is 42.8. The van der Waals surface area contributed by atoms with Crippen LogP contribution < -0.4 is 0 Å². The van der Waals surface area contributed by atoms with Gasteiger partial charge in [-0.05, 0) is 12.8 Å². The maximum absolute atomic E-state index is 13.0. The van der Waals surface area contributed by atoms with E-state index >= 15 is 0 Å². The molecule has 5 heteroatoms. The molecule has 0 radical (unpaired) electrons. The molecule has 76 valence electrons. The zero-order valence-electron chi connectivity index (χ0n) is 7.17. The van der Waals surface area contributed by atoms with E-state index in [0.29, 0.717) is 0 Å². The Morgan fingerprint density at radius 3 is 2.38 bits per heavy atom. The van der Waals surface area contributed by atoms with Gasteiger partial charge in [-0.15, -0.1) is 0 Å². The number of hydrogen-bond donors (Lipinski definition) is 0. The number of carbonyl (C=O) groups is 1. The molecule has 0 bridgehead atoms. The number of alkyl halides is 3. The predicted octanol–water partition coefficient (Wildman–Crippen LogP) is 1.73. The molecule has 0 saturated heterocycles. The van der Waals surface area contributed by atoms with Crippen molar-refractivity contribution >= 4 is 5.97 Å². The van der Waals surface area contributed by atoms with Gasteiger partial charge in [-0.3, -0.25) is 4.79 Å². The van der Waals surface area contributed by atoms with E-state index in [9.17, 15) is 18.0 Å². The predicted molar refractivity (Wildman–Crippen MR) is 39.5 cm³/mol. The summed E-state index contributed by atoms with van der Waals surface area (Å²) in [5, 5.41) is 0. The maximum Gasteiger partial charge on any atom is 0.303 e. The van der Waals surface area contributed by atoms with Gasteiger partial charge in [-0.1, -0.05) is 0 Å². The monoisotopic (exact) mass is 196 g/mol. The summed E-state index contributed by atoms with van der Waals surface area (Å²) in [7, 11) is 0. The van der Waals surface area contributed by atoms with Gasteiger partial charge in [0.25, 0.3) is 0 Å². The van der Waals surface area contributed by atoms with E-state index in [1.807, 2.05) is 0 Å². The van der Waals surface area contributed by atoms with E-state index in [1.54, 1.807) is 0 Å². The molecule has 1 aliphatic carbocycles. The van der Waals surface area contributed by atoms with E-state index in [2.05, 4.69) is 4.74 Å². The van der Waals surface area contributed by atoms with Gasteiger partial charge in [0.2, 0.25) is 0 Å². The molecule has 0 amide bonds. The van der Waals surface area contributed by atoms with Crippen LogP contribution in [0.3, 0.4) is 0 Å². The molecule has 4 atom stereocenters. The lowest BCUT2D eigenvalue weighted by Gasteiger charge is -2.30. The standard InChI is InChI=1S/C8H11F3O2/c1-4(12)13-6-3-2-5(9)7(10)8(6)11/h5-8H,2-3H2,1H3. The first-order chi connectivity index (χ1) is 6.02. The third-order valence-corrected chi connectivity index (χ3v) is 2.05. The van der Waals surface area contributed by atoms with Crippen LogP contribution in [-0.2, 0) is 9.53 Å². The van der Waals surface area contributed by atoms with Crippen LogP contribution in [0.2, 0.25) is 0 Å². The van der Waals surface area contributed by atoms with Crippen LogP contribution in [0, 0.1) is 0 Å². The minimum atomic E-state index is -2.17. The second kappa shape index (κ2) is 3.98. The Balaban J connectivity index is 2.53. The van der Waals surface area contributed by atoms with Gasteiger partial charge in [-0.25, -0.2) is 13.2 Å². The van der Waals surface area contributed by atoms with E-state index in [4.69, 9.17) is 0 Å². The summed E-state index contributed by atoms with van der Waals surface area (Å²) in [5.74, 6) is -0.669. The Morgan fingerprint density at radius 2 is 1.85 bits per heavy atom. The first kappa shape index (κ1) is 10.3. The molecule has 1 fully saturated rings. The quantitative estimate of drug-likeness (QED) is 0.597. The number of carbonyl (C=O) groups excluding carboxylic acids is 1. The summed E-state index contributed by atoms with van der Waals surface area (Å²) in [6.45, 7) is 1.11. The van der Waals surface area contributed by atoms with Crippen LogP contribution in [0.1, 0.15) is 19.8 Å². The average Bonchev–Trinajstić information content (AvgIpc) is 2.06. The molecular formula is C8H11F3O2. The largest absolute Gasteiger partial charge is 0.459 e. The Bertz CT molecular complexity index is 198. The molecule has 13 heavy (non-hydrogen) atoms. The minimum Gasteiger partial charge on any atom is -0.459 e. The Hall–Kier alpha value is -0.740. The van der Waals surface area contributed by atoms with Crippen molar-refractivity contribution in [2.45, 2.75) is 44.4 Å². The molecule has 0 aromatic carbocycles. The third-order valence-electron chi connectivity index (χ3n) is 2.05. The van der Waals surface area contributed by atoms with Crippen LogP contribution in [0.15, 0.2) is 0 Å². The van der Waals surface area contributed by atoms with Crippen molar-refractivity contribution in [2.75, 3.05) is 0 Å². The van der Waals surface area contributed by atoms with Crippen LogP contribution in [-0.4, -0.2) is 30.6 Å². The summed E-state index contributed by atoms with van der Waals surface area (Å²) in [5.41, 5.74) is 0. The van der Waals surface area contributed by atoms with E-state index in [-0.39, 0.29) is 12.8 Å². The van der Waals surface area contributed by atoms with E-state index in [0.717, 1.165) is 6.92 Å².